The average Bonchev–Trinajstić information content (AvgIpc) is 3.11. The van der Waals surface area contributed by atoms with Gasteiger partial charge in [0.25, 0.3) is 0 Å². The van der Waals surface area contributed by atoms with E-state index in [1.54, 1.807) is 0 Å². The fraction of sp³-hybridized carbons (Fsp3) is 0.136. The van der Waals surface area contributed by atoms with Crippen LogP contribution in [0.15, 0.2) is 152 Å². The Morgan fingerprint density at radius 2 is 0.773 bits per heavy atom. The summed E-state index contributed by atoms with van der Waals surface area (Å²) in [6, 6.07) is 56.2. The van der Waals surface area contributed by atoms with Gasteiger partial charge in [-0.15, -0.1) is 0 Å². The van der Waals surface area contributed by atoms with Crippen molar-refractivity contribution in [1.82, 2.24) is 0 Å². The Balaban J connectivity index is 1.52. The number of fused-ring (bicyclic) bond motifs is 2. The maximum Gasteiger partial charge on any atom is -0.00199 e. The van der Waals surface area contributed by atoms with Gasteiger partial charge in [-0.3, -0.25) is 0 Å². The van der Waals surface area contributed by atoms with Gasteiger partial charge in [-0.25, -0.2) is 0 Å². The molecule has 0 aromatic heterocycles. The molecule has 0 heteroatoms. The van der Waals surface area contributed by atoms with Crippen LogP contribution in [0.2, 0.25) is 0 Å². The summed E-state index contributed by atoms with van der Waals surface area (Å²) in [5.74, 6) is 0.587. The van der Waals surface area contributed by atoms with Crippen LogP contribution in [0, 0.1) is 0 Å². The van der Waals surface area contributed by atoms with Crippen LogP contribution in [0.25, 0.3) is 66.1 Å². The van der Waals surface area contributed by atoms with Crippen molar-refractivity contribution in [3.05, 3.63) is 157 Å². The van der Waals surface area contributed by atoms with Crippen LogP contribution < -0.4 is 0 Å². The van der Waals surface area contributed by atoms with Crippen LogP contribution in [-0.2, 0) is 0 Å². The van der Waals surface area contributed by atoms with Crippen LogP contribution in [0.4, 0.5) is 0 Å². The van der Waals surface area contributed by atoms with Crippen molar-refractivity contribution in [2.75, 3.05) is 0 Å². The van der Waals surface area contributed by atoms with Crippen molar-refractivity contribution < 1.29 is 0 Å². The second-order valence-corrected chi connectivity index (χ2v) is 12.3. The lowest BCUT2D eigenvalue weighted by atomic mass is 9.77. The zero-order valence-electron chi connectivity index (χ0n) is 25.0. The first-order chi connectivity index (χ1) is 21.9. The minimum absolute atomic E-state index is 0.587. The lowest BCUT2D eigenvalue weighted by Crippen LogP contribution is -2.07. The summed E-state index contributed by atoms with van der Waals surface area (Å²) in [6.45, 7) is 0. The van der Waals surface area contributed by atoms with Gasteiger partial charge >= 0.3 is 0 Å². The molecule has 1 saturated carbocycles. The molecule has 0 aliphatic heterocycles. The third-order valence-electron chi connectivity index (χ3n) is 9.67. The summed E-state index contributed by atoms with van der Waals surface area (Å²) in [5, 5.41) is 5.19. The molecule has 0 nitrogen and oxygen atoms in total. The van der Waals surface area contributed by atoms with E-state index in [1.807, 2.05) is 0 Å². The monoisotopic (exact) mass is 564 g/mol. The van der Waals surface area contributed by atoms with Crippen molar-refractivity contribution in [2.24, 2.45) is 0 Å². The van der Waals surface area contributed by atoms with E-state index in [4.69, 9.17) is 0 Å². The topological polar surface area (TPSA) is 0 Å². The molecule has 0 radical (unpaired) electrons. The molecule has 0 amide bonds. The van der Waals surface area contributed by atoms with E-state index in [0.717, 1.165) is 0 Å². The number of hydrogen-bond donors (Lipinski definition) is 0. The van der Waals surface area contributed by atoms with Gasteiger partial charge in [0, 0.05) is 0 Å². The fourth-order valence-corrected chi connectivity index (χ4v) is 7.63. The smallest absolute Gasteiger partial charge is 0.00199 e. The Morgan fingerprint density at radius 3 is 1.30 bits per heavy atom. The Morgan fingerprint density at radius 1 is 0.341 bits per heavy atom. The lowest BCUT2D eigenvalue weighted by Gasteiger charge is -2.27. The van der Waals surface area contributed by atoms with E-state index < -0.39 is 0 Å². The summed E-state index contributed by atoms with van der Waals surface area (Å²) in [6.07, 6.45) is 6.53. The predicted molar refractivity (Wildman–Crippen MR) is 189 cm³/mol. The van der Waals surface area contributed by atoms with Crippen molar-refractivity contribution in [3.63, 3.8) is 0 Å². The zero-order chi connectivity index (χ0) is 29.3. The molecule has 7 aromatic carbocycles. The molecule has 0 atom stereocenters. The molecule has 0 N–H and O–H groups in total. The largest absolute Gasteiger partial charge is 0.0622 e. The van der Waals surface area contributed by atoms with Gasteiger partial charge < -0.3 is 0 Å². The molecule has 212 valence electrons. The van der Waals surface area contributed by atoms with E-state index in [0.29, 0.717) is 5.92 Å². The first kappa shape index (κ1) is 26.7. The normalized spacial score (nSPS) is 13.8. The Labute approximate surface area is 260 Å². The van der Waals surface area contributed by atoms with E-state index in [-0.39, 0.29) is 0 Å². The molecule has 0 heterocycles. The highest BCUT2D eigenvalue weighted by Gasteiger charge is 2.24. The minimum atomic E-state index is 0.587. The summed E-state index contributed by atoms with van der Waals surface area (Å²) >= 11 is 0. The van der Waals surface area contributed by atoms with Crippen molar-refractivity contribution >= 4 is 21.5 Å². The molecule has 44 heavy (non-hydrogen) atoms. The summed E-state index contributed by atoms with van der Waals surface area (Å²) in [4.78, 5) is 0. The molecule has 7 aromatic rings. The van der Waals surface area contributed by atoms with E-state index in [9.17, 15) is 0 Å². The summed E-state index contributed by atoms with van der Waals surface area (Å²) in [7, 11) is 0. The molecular weight excluding hydrogens is 528 g/mol. The Hall–Kier alpha value is -4.94. The van der Waals surface area contributed by atoms with Gasteiger partial charge in [-0.05, 0) is 103 Å². The second-order valence-electron chi connectivity index (χ2n) is 12.3. The fourth-order valence-electron chi connectivity index (χ4n) is 7.63. The molecule has 8 rings (SSSR count). The van der Waals surface area contributed by atoms with E-state index >= 15 is 0 Å². The molecule has 0 unspecified atom stereocenters. The Bertz CT molecular complexity index is 2010. The van der Waals surface area contributed by atoms with Crippen molar-refractivity contribution in [2.45, 2.75) is 38.0 Å². The third kappa shape index (κ3) is 4.72. The van der Waals surface area contributed by atoms with E-state index in [1.165, 1.54) is 104 Å². The molecule has 1 aliphatic rings. The quantitative estimate of drug-likeness (QED) is 0.182. The predicted octanol–water partition coefficient (Wildman–Crippen LogP) is 12.7. The first-order valence-corrected chi connectivity index (χ1v) is 16.1. The first-order valence-electron chi connectivity index (χ1n) is 16.1. The van der Waals surface area contributed by atoms with Gasteiger partial charge in [0.2, 0.25) is 0 Å². The summed E-state index contributed by atoms with van der Waals surface area (Å²) < 4.78 is 0. The van der Waals surface area contributed by atoms with Gasteiger partial charge in [-0.2, -0.15) is 0 Å². The van der Waals surface area contributed by atoms with Crippen LogP contribution >= 0.6 is 0 Å². The molecule has 0 bridgehead atoms. The molecular formula is C44H36. The number of rotatable bonds is 5. The van der Waals surface area contributed by atoms with Crippen LogP contribution in [-0.4, -0.2) is 0 Å². The highest BCUT2D eigenvalue weighted by atomic mass is 14.3. The SMILES string of the molecule is c1ccc(-c2cc(C3CCCCC3)c(-c3ccccc3)cc2-c2c3ccccc3c(-c3ccccc3)c3ccccc23)cc1. The number of benzene rings is 7. The van der Waals surface area contributed by atoms with Gasteiger partial charge in [0.1, 0.15) is 0 Å². The van der Waals surface area contributed by atoms with Gasteiger partial charge in [0.15, 0.2) is 0 Å². The van der Waals surface area contributed by atoms with Crippen molar-refractivity contribution in [3.8, 4) is 44.5 Å². The minimum Gasteiger partial charge on any atom is -0.0622 e. The molecule has 0 saturated heterocycles. The van der Waals surface area contributed by atoms with Gasteiger partial charge in [-0.1, -0.05) is 159 Å². The number of hydrogen-bond acceptors (Lipinski definition) is 0. The van der Waals surface area contributed by atoms with E-state index in [2.05, 4.69) is 152 Å². The van der Waals surface area contributed by atoms with Crippen LogP contribution in [0.5, 0.6) is 0 Å². The zero-order valence-corrected chi connectivity index (χ0v) is 25.0. The highest BCUT2D eigenvalue weighted by molar-refractivity contribution is 6.22. The van der Waals surface area contributed by atoms with Crippen molar-refractivity contribution in [1.29, 1.82) is 0 Å². The van der Waals surface area contributed by atoms with Gasteiger partial charge in [0.05, 0.1) is 0 Å². The molecule has 1 aliphatic carbocycles. The average molecular weight is 565 g/mol. The van der Waals surface area contributed by atoms with Crippen LogP contribution in [0.3, 0.4) is 0 Å². The van der Waals surface area contributed by atoms with Crippen LogP contribution in [0.1, 0.15) is 43.6 Å². The molecule has 1 fully saturated rings. The second kappa shape index (κ2) is 11.6. The third-order valence-corrected chi connectivity index (χ3v) is 9.67. The maximum atomic E-state index is 2.57. The lowest BCUT2D eigenvalue weighted by molar-refractivity contribution is 0.444. The highest BCUT2D eigenvalue weighted by Crippen LogP contribution is 2.49. The standard InChI is InChI=1S/C44H36/c1-5-17-31(18-6-1)39-29-41(33-21-9-3-10-22-33)42(30-40(39)32-19-7-2-8-20-32)44-37-27-15-13-25-35(37)43(34-23-11-4-12-24-34)36-26-14-16-28-38(36)44/h2-4,7-16,19-31H,1,5-6,17-18H2. The maximum absolute atomic E-state index is 2.57. The molecule has 0 spiro atoms. The Kier molecular flexibility index (Phi) is 7.05. The summed E-state index contributed by atoms with van der Waals surface area (Å²) in [5.41, 5.74) is 12.0.